The highest BCUT2D eigenvalue weighted by atomic mass is 13.8. The van der Waals surface area contributed by atoms with Gasteiger partial charge in [0.1, 0.15) is 0 Å². The Kier molecular flexibility index (Phi) is 5.91. The van der Waals surface area contributed by atoms with Crippen LogP contribution in [0.25, 0.3) is 0 Å². The first-order chi connectivity index (χ1) is 4.81. The van der Waals surface area contributed by atoms with E-state index < -0.39 is 0 Å². The summed E-state index contributed by atoms with van der Waals surface area (Å²) >= 11 is 0. The van der Waals surface area contributed by atoms with Crippen LogP contribution in [-0.4, -0.2) is 0 Å². The minimum atomic E-state index is 1.06. The molecular formula is C10H16. The van der Waals surface area contributed by atoms with Crippen molar-refractivity contribution in [3.8, 4) is 0 Å². The zero-order valence-corrected chi connectivity index (χ0v) is 7.15. The van der Waals surface area contributed by atoms with Crippen molar-refractivity contribution in [2.75, 3.05) is 0 Å². The lowest BCUT2D eigenvalue weighted by Crippen LogP contribution is -1.65. The number of allylic oxidation sites excluding steroid dienone is 3. The first kappa shape index (κ1) is 9.26. The lowest BCUT2D eigenvalue weighted by atomic mass is 10.2. The second kappa shape index (κ2) is 6.38. The topological polar surface area (TPSA) is 0 Å². The van der Waals surface area contributed by atoms with Crippen molar-refractivity contribution in [3.05, 3.63) is 29.5 Å². The van der Waals surface area contributed by atoms with Gasteiger partial charge in [-0.05, 0) is 31.9 Å². The van der Waals surface area contributed by atoms with E-state index in [0.717, 1.165) is 12.8 Å². The molecule has 10 heavy (non-hydrogen) atoms. The number of rotatable bonds is 3. The van der Waals surface area contributed by atoms with Crippen LogP contribution in [0.4, 0.5) is 0 Å². The number of hydrogen-bond acceptors (Lipinski definition) is 0. The zero-order chi connectivity index (χ0) is 7.82. The Balaban J connectivity index is 3.81. The lowest BCUT2D eigenvalue weighted by Gasteiger charge is -1.86. The summed E-state index contributed by atoms with van der Waals surface area (Å²) in [4.78, 5) is 0. The van der Waals surface area contributed by atoms with Gasteiger partial charge in [0.25, 0.3) is 0 Å². The molecule has 0 saturated heterocycles. The molecule has 0 heterocycles. The molecule has 0 amide bonds. The molecule has 0 aliphatic rings. The summed E-state index contributed by atoms with van der Waals surface area (Å²) in [7, 11) is 0. The van der Waals surface area contributed by atoms with Gasteiger partial charge in [-0.2, -0.15) is 0 Å². The van der Waals surface area contributed by atoms with Crippen LogP contribution < -0.4 is 0 Å². The Morgan fingerprint density at radius 2 is 2.10 bits per heavy atom. The van der Waals surface area contributed by atoms with Crippen LogP contribution in [0.2, 0.25) is 0 Å². The third-order valence-electron chi connectivity index (χ3n) is 1.34. The molecule has 0 heteroatoms. The summed E-state index contributed by atoms with van der Waals surface area (Å²) in [6, 6.07) is 0. The van der Waals surface area contributed by atoms with E-state index in [0.29, 0.717) is 0 Å². The van der Waals surface area contributed by atoms with E-state index in [1.807, 2.05) is 12.2 Å². The summed E-state index contributed by atoms with van der Waals surface area (Å²) in [5.41, 5.74) is 4.47. The predicted molar refractivity (Wildman–Crippen MR) is 47.0 cm³/mol. The quantitative estimate of drug-likeness (QED) is 0.411. The summed E-state index contributed by atoms with van der Waals surface area (Å²) in [6.07, 6.45) is 8.30. The van der Waals surface area contributed by atoms with Crippen LogP contribution in [0.1, 0.15) is 33.6 Å². The minimum absolute atomic E-state index is 1.06. The van der Waals surface area contributed by atoms with Gasteiger partial charge < -0.3 is 0 Å². The first-order valence-electron chi connectivity index (χ1n) is 3.88. The van der Waals surface area contributed by atoms with E-state index in [9.17, 15) is 0 Å². The average molecular weight is 136 g/mol. The second-order valence-corrected chi connectivity index (χ2v) is 2.31. The second-order valence-electron chi connectivity index (χ2n) is 2.31. The Hall–Kier alpha value is -0.740. The minimum Gasteiger partial charge on any atom is -0.125 e. The average Bonchev–Trinajstić information content (AvgIpc) is 1.98. The Morgan fingerprint density at radius 3 is 2.60 bits per heavy atom. The molecular weight excluding hydrogens is 120 g/mol. The largest absolute Gasteiger partial charge is 0.125 e. The maximum atomic E-state index is 3.07. The predicted octanol–water partition coefficient (Wildman–Crippen LogP) is 3.46. The highest BCUT2D eigenvalue weighted by molar-refractivity contribution is 5.09. The van der Waals surface area contributed by atoms with Gasteiger partial charge >= 0.3 is 0 Å². The van der Waals surface area contributed by atoms with E-state index in [1.54, 1.807) is 0 Å². The van der Waals surface area contributed by atoms with Gasteiger partial charge in [0.15, 0.2) is 0 Å². The summed E-state index contributed by atoms with van der Waals surface area (Å²) in [5.74, 6) is 0. The van der Waals surface area contributed by atoms with Gasteiger partial charge in [-0.25, -0.2) is 0 Å². The molecule has 0 aliphatic heterocycles. The van der Waals surface area contributed by atoms with Crippen molar-refractivity contribution in [1.82, 2.24) is 0 Å². The summed E-state index contributed by atoms with van der Waals surface area (Å²) in [6.45, 7) is 6.39. The van der Waals surface area contributed by atoms with Gasteiger partial charge in [-0.15, -0.1) is 5.73 Å². The Morgan fingerprint density at radius 1 is 1.40 bits per heavy atom. The molecule has 0 aromatic rings. The van der Waals surface area contributed by atoms with Crippen LogP contribution in [0.5, 0.6) is 0 Å². The van der Waals surface area contributed by atoms with E-state index in [1.165, 1.54) is 5.57 Å². The lowest BCUT2D eigenvalue weighted by molar-refractivity contribution is 1.10. The fourth-order valence-electron chi connectivity index (χ4n) is 0.494. The Bertz CT molecular complexity index is 155. The standard InChI is InChI=1S/C10H16/c1-4-6-7-8-9-10(3)5-2/h6,8-9H,4-5H2,1-3H3. The van der Waals surface area contributed by atoms with E-state index in [2.05, 4.69) is 32.6 Å². The zero-order valence-electron chi connectivity index (χ0n) is 7.15. The van der Waals surface area contributed by atoms with Gasteiger partial charge in [-0.3, -0.25) is 0 Å². The van der Waals surface area contributed by atoms with Gasteiger partial charge in [0.2, 0.25) is 0 Å². The molecule has 0 radical (unpaired) electrons. The van der Waals surface area contributed by atoms with Crippen LogP contribution >= 0.6 is 0 Å². The molecule has 56 valence electrons. The molecule has 0 aliphatic carbocycles. The highest BCUT2D eigenvalue weighted by Gasteiger charge is 1.76. The number of hydrogen-bond donors (Lipinski definition) is 0. The molecule has 0 spiro atoms. The monoisotopic (exact) mass is 136 g/mol. The van der Waals surface area contributed by atoms with E-state index >= 15 is 0 Å². The van der Waals surface area contributed by atoms with Crippen LogP contribution in [0.3, 0.4) is 0 Å². The maximum Gasteiger partial charge on any atom is -0.0204 e. The smallest absolute Gasteiger partial charge is 0.0204 e. The van der Waals surface area contributed by atoms with Crippen molar-refractivity contribution in [1.29, 1.82) is 0 Å². The fourth-order valence-corrected chi connectivity index (χ4v) is 0.494. The third kappa shape index (κ3) is 5.40. The van der Waals surface area contributed by atoms with Crippen molar-refractivity contribution < 1.29 is 0 Å². The summed E-state index contributed by atoms with van der Waals surface area (Å²) < 4.78 is 0. The van der Waals surface area contributed by atoms with Crippen molar-refractivity contribution >= 4 is 0 Å². The molecule has 0 aromatic heterocycles. The molecule has 0 atom stereocenters. The molecule has 0 fully saturated rings. The fraction of sp³-hybridized carbons (Fsp3) is 0.500. The summed E-state index contributed by atoms with van der Waals surface area (Å²) in [5, 5.41) is 0. The maximum absolute atomic E-state index is 3.07. The normalized spacial score (nSPS) is 10.5. The molecule has 0 bridgehead atoms. The van der Waals surface area contributed by atoms with Gasteiger partial charge in [0, 0.05) is 0 Å². The van der Waals surface area contributed by atoms with Crippen LogP contribution in [-0.2, 0) is 0 Å². The highest BCUT2D eigenvalue weighted by Crippen LogP contribution is 1.96. The molecule has 0 N–H and O–H groups in total. The van der Waals surface area contributed by atoms with E-state index in [-0.39, 0.29) is 0 Å². The third-order valence-corrected chi connectivity index (χ3v) is 1.34. The SMILES string of the molecule is CCC=C=CC=C(C)CC. The molecule has 0 saturated carbocycles. The Labute approximate surface area is 64.0 Å². The molecule has 0 rings (SSSR count). The van der Waals surface area contributed by atoms with Crippen molar-refractivity contribution in [2.24, 2.45) is 0 Å². The van der Waals surface area contributed by atoms with Crippen molar-refractivity contribution in [2.45, 2.75) is 33.6 Å². The first-order valence-corrected chi connectivity index (χ1v) is 3.88. The van der Waals surface area contributed by atoms with Crippen LogP contribution in [0.15, 0.2) is 29.5 Å². The van der Waals surface area contributed by atoms with Crippen molar-refractivity contribution in [3.63, 3.8) is 0 Å². The van der Waals surface area contributed by atoms with Crippen LogP contribution in [0, 0.1) is 0 Å². The van der Waals surface area contributed by atoms with Gasteiger partial charge in [0.05, 0.1) is 0 Å². The molecule has 0 nitrogen and oxygen atoms in total. The van der Waals surface area contributed by atoms with Gasteiger partial charge in [-0.1, -0.05) is 25.5 Å². The van der Waals surface area contributed by atoms with E-state index in [4.69, 9.17) is 0 Å². The molecule has 0 unspecified atom stereocenters. The molecule has 0 aromatic carbocycles.